The molecular formula is C17H23N3S. The molecule has 3 rings (SSSR count). The molecule has 4 heteroatoms. The van der Waals surface area contributed by atoms with Gasteiger partial charge in [-0.25, -0.2) is 0 Å². The van der Waals surface area contributed by atoms with Crippen molar-refractivity contribution >= 4 is 22.4 Å². The van der Waals surface area contributed by atoms with Gasteiger partial charge in [0.05, 0.1) is 5.56 Å². The van der Waals surface area contributed by atoms with E-state index in [-0.39, 0.29) is 0 Å². The van der Waals surface area contributed by atoms with Gasteiger partial charge in [-0.2, -0.15) is 4.37 Å². The Labute approximate surface area is 130 Å². The fourth-order valence-electron chi connectivity index (χ4n) is 3.15. The van der Waals surface area contributed by atoms with Crippen LogP contribution >= 0.6 is 11.5 Å². The molecule has 1 aliphatic rings. The van der Waals surface area contributed by atoms with Gasteiger partial charge < -0.3 is 11.1 Å². The summed E-state index contributed by atoms with van der Waals surface area (Å²) in [6.07, 6.45) is 3.76. The van der Waals surface area contributed by atoms with E-state index in [4.69, 9.17) is 5.73 Å². The zero-order valence-corrected chi connectivity index (χ0v) is 13.5. The standard InChI is InChI=1S/C17H23N3S/c1-11-8-9-14(10-12(11)2)19-17-15(16(18)20-21-17)13-6-4-3-5-7-13/h3-7,11-12,14,19H,8-10H2,1-2H3,(H2,18,20). The van der Waals surface area contributed by atoms with Gasteiger partial charge in [0, 0.05) is 6.04 Å². The number of nitrogens with one attached hydrogen (secondary N) is 1. The molecule has 2 aromatic rings. The maximum atomic E-state index is 6.09. The van der Waals surface area contributed by atoms with Crippen molar-refractivity contribution in [2.75, 3.05) is 11.1 Å². The lowest BCUT2D eigenvalue weighted by Crippen LogP contribution is -2.30. The second kappa shape index (κ2) is 6.06. The first-order valence-corrected chi connectivity index (χ1v) is 8.49. The third-order valence-electron chi connectivity index (χ3n) is 4.71. The summed E-state index contributed by atoms with van der Waals surface area (Å²) < 4.78 is 4.35. The number of anilines is 2. The largest absolute Gasteiger partial charge is 0.382 e. The van der Waals surface area contributed by atoms with Crippen LogP contribution in [-0.4, -0.2) is 10.4 Å². The number of nitrogens with zero attached hydrogens (tertiary/aromatic N) is 1. The summed E-state index contributed by atoms with van der Waals surface area (Å²) in [6, 6.07) is 10.8. The molecule has 3 unspecified atom stereocenters. The van der Waals surface area contributed by atoms with E-state index in [1.165, 1.54) is 30.8 Å². The first-order chi connectivity index (χ1) is 10.1. The summed E-state index contributed by atoms with van der Waals surface area (Å²) >= 11 is 1.48. The number of aromatic nitrogens is 1. The lowest BCUT2D eigenvalue weighted by atomic mass is 9.79. The second-order valence-electron chi connectivity index (χ2n) is 6.25. The van der Waals surface area contributed by atoms with Gasteiger partial charge in [-0.1, -0.05) is 44.2 Å². The number of nitrogen functional groups attached to an aromatic ring is 1. The van der Waals surface area contributed by atoms with E-state index >= 15 is 0 Å². The van der Waals surface area contributed by atoms with Gasteiger partial charge >= 0.3 is 0 Å². The minimum Gasteiger partial charge on any atom is -0.382 e. The Morgan fingerprint density at radius 1 is 1.14 bits per heavy atom. The molecule has 112 valence electrons. The summed E-state index contributed by atoms with van der Waals surface area (Å²) in [5, 5.41) is 4.81. The molecule has 3 atom stereocenters. The Bertz CT molecular complexity index is 593. The highest BCUT2D eigenvalue weighted by molar-refractivity contribution is 7.11. The van der Waals surface area contributed by atoms with Crippen LogP contribution in [0.3, 0.4) is 0 Å². The van der Waals surface area contributed by atoms with Gasteiger partial charge in [-0.05, 0) is 48.2 Å². The van der Waals surface area contributed by atoms with Crippen LogP contribution in [0.25, 0.3) is 11.1 Å². The molecule has 0 amide bonds. The zero-order chi connectivity index (χ0) is 14.8. The number of nitrogens with two attached hydrogens (primary N) is 1. The number of hydrogen-bond acceptors (Lipinski definition) is 4. The average molecular weight is 301 g/mol. The first-order valence-electron chi connectivity index (χ1n) is 7.72. The highest BCUT2D eigenvalue weighted by Gasteiger charge is 2.26. The third kappa shape index (κ3) is 3.05. The third-order valence-corrected chi connectivity index (χ3v) is 5.51. The Morgan fingerprint density at radius 2 is 1.90 bits per heavy atom. The Balaban J connectivity index is 1.81. The predicted molar refractivity (Wildman–Crippen MR) is 91.6 cm³/mol. The maximum absolute atomic E-state index is 6.09. The van der Waals surface area contributed by atoms with Crippen molar-refractivity contribution in [3.05, 3.63) is 30.3 Å². The number of hydrogen-bond donors (Lipinski definition) is 2. The van der Waals surface area contributed by atoms with Crippen LogP contribution in [0.15, 0.2) is 30.3 Å². The van der Waals surface area contributed by atoms with Crippen LogP contribution in [-0.2, 0) is 0 Å². The van der Waals surface area contributed by atoms with E-state index in [1.54, 1.807) is 0 Å². The fraction of sp³-hybridized carbons (Fsp3) is 0.471. The van der Waals surface area contributed by atoms with Gasteiger partial charge in [-0.15, -0.1) is 0 Å². The normalized spacial score (nSPS) is 25.7. The summed E-state index contributed by atoms with van der Waals surface area (Å²) in [5.41, 5.74) is 8.29. The molecule has 1 aromatic heterocycles. The van der Waals surface area contributed by atoms with E-state index in [2.05, 4.69) is 35.7 Å². The monoisotopic (exact) mass is 301 g/mol. The van der Waals surface area contributed by atoms with Gasteiger partial charge in [-0.3, -0.25) is 0 Å². The zero-order valence-electron chi connectivity index (χ0n) is 12.7. The molecule has 0 spiro atoms. The van der Waals surface area contributed by atoms with Crippen LogP contribution < -0.4 is 11.1 Å². The van der Waals surface area contributed by atoms with Crippen LogP contribution in [0.4, 0.5) is 10.8 Å². The molecule has 0 radical (unpaired) electrons. The number of rotatable bonds is 3. The molecule has 3 N–H and O–H groups in total. The van der Waals surface area contributed by atoms with E-state index in [1.807, 2.05) is 18.2 Å². The molecule has 1 heterocycles. The fourth-order valence-corrected chi connectivity index (χ4v) is 3.96. The lowest BCUT2D eigenvalue weighted by Gasteiger charge is -2.32. The van der Waals surface area contributed by atoms with E-state index in [0.717, 1.165) is 28.0 Å². The van der Waals surface area contributed by atoms with Crippen molar-refractivity contribution in [1.82, 2.24) is 4.37 Å². The van der Waals surface area contributed by atoms with Crippen molar-refractivity contribution in [2.24, 2.45) is 11.8 Å². The second-order valence-corrected chi connectivity index (χ2v) is 7.02. The van der Waals surface area contributed by atoms with Gasteiger partial charge in [0.1, 0.15) is 10.8 Å². The smallest absolute Gasteiger partial charge is 0.147 e. The maximum Gasteiger partial charge on any atom is 0.147 e. The van der Waals surface area contributed by atoms with E-state index in [9.17, 15) is 0 Å². The molecular weight excluding hydrogens is 278 g/mol. The first kappa shape index (κ1) is 14.4. The Hall–Kier alpha value is -1.55. The molecule has 1 saturated carbocycles. The van der Waals surface area contributed by atoms with Gasteiger partial charge in [0.25, 0.3) is 0 Å². The quantitative estimate of drug-likeness (QED) is 0.869. The molecule has 0 bridgehead atoms. The topological polar surface area (TPSA) is 50.9 Å². The van der Waals surface area contributed by atoms with Crippen molar-refractivity contribution < 1.29 is 0 Å². The minimum absolute atomic E-state index is 0.540. The molecule has 21 heavy (non-hydrogen) atoms. The van der Waals surface area contributed by atoms with Crippen LogP contribution in [0.1, 0.15) is 33.1 Å². The predicted octanol–water partition coefficient (Wildman–Crippen LogP) is 4.63. The van der Waals surface area contributed by atoms with E-state index < -0.39 is 0 Å². The van der Waals surface area contributed by atoms with Crippen molar-refractivity contribution in [1.29, 1.82) is 0 Å². The SMILES string of the molecule is CC1CCC(Nc2snc(N)c2-c2ccccc2)CC1C. The molecule has 3 nitrogen and oxygen atoms in total. The van der Waals surface area contributed by atoms with Crippen molar-refractivity contribution in [3.8, 4) is 11.1 Å². The Morgan fingerprint density at radius 3 is 2.62 bits per heavy atom. The van der Waals surface area contributed by atoms with Gasteiger partial charge in [0.2, 0.25) is 0 Å². The van der Waals surface area contributed by atoms with Crippen molar-refractivity contribution in [3.63, 3.8) is 0 Å². The molecule has 0 saturated heterocycles. The molecule has 0 aliphatic heterocycles. The molecule has 1 aliphatic carbocycles. The lowest BCUT2D eigenvalue weighted by molar-refractivity contribution is 0.261. The summed E-state index contributed by atoms with van der Waals surface area (Å²) in [7, 11) is 0. The summed E-state index contributed by atoms with van der Waals surface area (Å²) in [5.74, 6) is 2.25. The minimum atomic E-state index is 0.540. The van der Waals surface area contributed by atoms with Crippen LogP contribution in [0.2, 0.25) is 0 Å². The van der Waals surface area contributed by atoms with Crippen LogP contribution in [0.5, 0.6) is 0 Å². The average Bonchev–Trinajstić information content (AvgIpc) is 2.85. The molecule has 1 aromatic carbocycles. The Kier molecular flexibility index (Phi) is 4.15. The number of benzene rings is 1. The molecule has 1 fully saturated rings. The summed E-state index contributed by atoms with van der Waals surface area (Å²) in [4.78, 5) is 0. The van der Waals surface area contributed by atoms with Crippen LogP contribution in [0, 0.1) is 11.8 Å². The van der Waals surface area contributed by atoms with Crippen molar-refractivity contribution in [2.45, 2.75) is 39.2 Å². The highest BCUT2D eigenvalue weighted by Crippen LogP contribution is 2.39. The van der Waals surface area contributed by atoms with E-state index in [0.29, 0.717) is 11.9 Å². The van der Waals surface area contributed by atoms with Gasteiger partial charge in [0.15, 0.2) is 0 Å². The summed E-state index contributed by atoms with van der Waals surface area (Å²) in [6.45, 7) is 4.72. The highest BCUT2D eigenvalue weighted by atomic mass is 32.1.